The van der Waals surface area contributed by atoms with Crippen LogP contribution in [0.3, 0.4) is 0 Å². The lowest BCUT2D eigenvalue weighted by molar-refractivity contribution is -0.119. The van der Waals surface area contributed by atoms with E-state index in [0.717, 1.165) is 38.4 Å². The monoisotopic (exact) mass is 454 g/mol. The molecule has 1 fully saturated rings. The molecule has 2 unspecified atom stereocenters. The molecule has 0 aliphatic carbocycles. The summed E-state index contributed by atoms with van der Waals surface area (Å²) in [6.45, 7) is 11.8. The van der Waals surface area contributed by atoms with Gasteiger partial charge in [-0.2, -0.15) is 0 Å². The molecule has 0 radical (unpaired) electrons. The Kier molecular flexibility index (Phi) is 10.9. The number of amides is 1. The number of nitrogens with zero attached hydrogens (tertiary/aromatic N) is 2. The lowest BCUT2D eigenvalue weighted by atomic mass is 9.89. The summed E-state index contributed by atoms with van der Waals surface area (Å²) < 4.78 is 5.59. The summed E-state index contributed by atoms with van der Waals surface area (Å²) in [6.07, 6.45) is 2.65. The minimum Gasteiger partial charge on any atom is -0.379 e. The summed E-state index contributed by atoms with van der Waals surface area (Å²) in [4.78, 5) is 18.2. The molecule has 0 spiro atoms. The van der Waals surface area contributed by atoms with Crippen molar-refractivity contribution in [2.45, 2.75) is 53.1 Å². The molecule has 2 atom stereocenters. The van der Waals surface area contributed by atoms with E-state index in [1.165, 1.54) is 0 Å². The number of carbonyl (C=O) groups excluding carboxylic acids is 1. The van der Waals surface area contributed by atoms with Gasteiger partial charge in [0.05, 0.1) is 12.6 Å². The molecule has 1 saturated heterocycles. The summed E-state index contributed by atoms with van der Waals surface area (Å²) >= 11 is 0. The highest BCUT2D eigenvalue weighted by Gasteiger charge is 2.26. The van der Waals surface area contributed by atoms with E-state index in [1.54, 1.807) is 7.11 Å². The Morgan fingerprint density at radius 2 is 2.12 bits per heavy atom. The van der Waals surface area contributed by atoms with Gasteiger partial charge >= 0.3 is 0 Å². The highest BCUT2D eigenvalue weighted by atomic mass is 127. The third kappa shape index (κ3) is 8.00. The largest absolute Gasteiger partial charge is 0.379 e. The molecule has 6 nitrogen and oxygen atoms in total. The highest BCUT2D eigenvalue weighted by molar-refractivity contribution is 14.0. The number of guanidine groups is 1. The van der Waals surface area contributed by atoms with Crippen molar-refractivity contribution in [1.82, 2.24) is 10.2 Å². The third-order valence-corrected chi connectivity index (χ3v) is 4.30. The number of nitrogens with one attached hydrogen (secondary N) is 1. The summed E-state index contributed by atoms with van der Waals surface area (Å²) in [5.74, 6) is 1.02. The molecule has 24 heavy (non-hydrogen) atoms. The number of aliphatic imine (C=N–C) groups is 1. The second-order valence-corrected chi connectivity index (χ2v) is 7.41. The number of likely N-dealkylation sites (tertiary alicyclic amines) is 1. The Morgan fingerprint density at radius 1 is 1.46 bits per heavy atom. The van der Waals surface area contributed by atoms with Crippen LogP contribution in [-0.4, -0.2) is 56.2 Å². The lowest BCUT2D eigenvalue weighted by Crippen LogP contribution is -2.47. The predicted molar refractivity (Wildman–Crippen MR) is 110 cm³/mol. The Balaban J connectivity index is 0.00000529. The smallest absolute Gasteiger partial charge is 0.217 e. The van der Waals surface area contributed by atoms with Crippen LogP contribution < -0.4 is 11.1 Å². The molecule has 0 aromatic heterocycles. The van der Waals surface area contributed by atoms with Crippen LogP contribution in [0, 0.1) is 11.3 Å². The zero-order valence-corrected chi connectivity index (χ0v) is 18.1. The zero-order valence-electron chi connectivity index (χ0n) is 15.8. The quantitative estimate of drug-likeness (QED) is 0.367. The van der Waals surface area contributed by atoms with Crippen LogP contribution in [-0.2, 0) is 9.53 Å². The van der Waals surface area contributed by atoms with Gasteiger partial charge in [0.25, 0.3) is 0 Å². The molecular formula is C17H35IN4O2. The molecule has 3 N–H and O–H groups in total. The van der Waals surface area contributed by atoms with Crippen LogP contribution in [0.1, 0.15) is 47.0 Å². The Bertz CT molecular complexity index is 410. The number of carbonyl (C=O) groups is 1. The Labute approximate surface area is 164 Å². The van der Waals surface area contributed by atoms with Crippen molar-refractivity contribution in [3.63, 3.8) is 0 Å². The zero-order chi connectivity index (χ0) is 17.5. The standard InChI is InChI=1S/C17H34N4O2.HI/c1-6-19-16(20-11-14(23-5)17(2,3)4)21-9-7-8-13(12-21)10-15(18)22;/h13-14H,6-12H2,1-5H3,(H2,18,22)(H,19,20);1H. The van der Waals surface area contributed by atoms with Crippen LogP contribution in [0.25, 0.3) is 0 Å². The van der Waals surface area contributed by atoms with Gasteiger partial charge in [0.15, 0.2) is 5.96 Å². The first-order chi connectivity index (χ1) is 10.8. The van der Waals surface area contributed by atoms with E-state index in [4.69, 9.17) is 15.5 Å². The van der Waals surface area contributed by atoms with Gasteiger partial charge < -0.3 is 20.7 Å². The normalized spacial score (nSPS) is 20.3. The molecule has 0 aromatic rings. The van der Waals surface area contributed by atoms with E-state index >= 15 is 0 Å². The van der Waals surface area contributed by atoms with E-state index in [2.05, 4.69) is 37.9 Å². The van der Waals surface area contributed by atoms with E-state index in [-0.39, 0.29) is 41.4 Å². The van der Waals surface area contributed by atoms with Crippen LogP contribution in [0.4, 0.5) is 0 Å². The maximum atomic E-state index is 11.2. The SMILES string of the molecule is CCNC(=NCC(OC)C(C)(C)C)N1CCCC(CC(N)=O)C1.I. The number of ether oxygens (including phenoxy) is 1. The first kappa shape index (κ1) is 23.4. The van der Waals surface area contributed by atoms with Crippen molar-refractivity contribution in [3.8, 4) is 0 Å². The molecule has 0 aromatic carbocycles. The average Bonchev–Trinajstić information content (AvgIpc) is 2.45. The predicted octanol–water partition coefficient (Wildman–Crippen LogP) is 2.22. The van der Waals surface area contributed by atoms with Crippen LogP contribution in [0.2, 0.25) is 0 Å². The molecular weight excluding hydrogens is 419 g/mol. The fourth-order valence-corrected chi connectivity index (χ4v) is 3.01. The van der Waals surface area contributed by atoms with Gasteiger partial charge in [0, 0.05) is 33.2 Å². The number of methoxy groups -OCH3 is 1. The van der Waals surface area contributed by atoms with Crippen LogP contribution in [0.5, 0.6) is 0 Å². The van der Waals surface area contributed by atoms with Gasteiger partial charge in [-0.15, -0.1) is 24.0 Å². The average molecular weight is 454 g/mol. The molecule has 7 heteroatoms. The summed E-state index contributed by atoms with van der Waals surface area (Å²) in [5, 5.41) is 3.36. The fraction of sp³-hybridized carbons (Fsp3) is 0.882. The van der Waals surface area contributed by atoms with Crippen LogP contribution in [0.15, 0.2) is 4.99 Å². The van der Waals surface area contributed by atoms with Crippen molar-refractivity contribution < 1.29 is 9.53 Å². The van der Waals surface area contributed by atoms with Crippen molar-refractivity contribution >= 4 is 35.8 Å². The Morgan fingerprint density at radius 3 is 2.62 bits per heavy atom. The fourth-order valence-electron chi connectivity index (χ4n) is 3.01. The second-order valence-electron chi connectivity index (χ2n) is 7.41. The number of halogens is 1. The number of hydrogen-bond donors (Lipinski definition) is 2. The molecule has 1 aliphatic rings. The van der Waals surface area contributed by atoms with Crippen molar-refractivity contribution in [2.75, 3.05) is 33.3 Å². The minimum atomic E-state index is -0.217. The molecule has 1 amide bonds. The van der Waals surface area contributed by atoms with Gasteiger partial charge in [-0.3, -0.25) is 9.79 Å². The molecule has 1 aliphatic heterocycles. The summed E-state index contributed by atoms with van der Waals surface area (Å²) in [6, 6.07) is 0. The van der Waals surface area contributed by atoms with Crippen molar-refractivity contribution in [3.05, 3.63) is 0 Å². The maximum Gasteiger partial charge on any atom is 0.217 e. The second kappa shape index (κ2) is 11.1. The molecule has 142 valence electrons. The maximum absolute atomic E-state index is 11.2. The van der Waals surface area contributed by atoms with Gasteiger partial charge in [0.1, 0.15) is 0 Å². The van der Waals surface area contributed by atoms with Crippen molar-refractivity contribution in [2.24, 2.45) is 22.1 Å². The van der Waals surface area contributed by atoms with Crippen LogP contribution >= 0.6 is 24.0 Å². The number of primary amides is 1. The molecule has 1 heterocycles. The van der Waals surface area contributed by atoms with Crippen molar-refractivity contribution in [1.29, 1.82) is 0 Å². The first-order valence-corrected chi connectivity index (χ1v) is 8.62. The van der Waals surface area contributed by atoms with E-state index in [1.807, 2.05) is 0 Å². The minimum absolute atomic E-state index is 0. The number of hydrogen-bond acceptors (Lipinski definition) is 3. The number of piperidine rings is 1. The number of rotatable bonds is 6. The summed E-state index contributed by atoms with van der Waals surface area (Å²) in [7, 11) is 1.74. The third-order valence-electron chi connectivity index (χ3n) is 4.30. The van der Waals surface area contributed by atoms with E-state index in [0.29, 0.717) is 18.9 Å². The van der Waals surface area contributed by atoms with E-state index < -0.39 is 0 Å². The van der Waals surface area contributed by atoms with Gasteiger partial charge in [-0.25, -0.2) is 0 Å². The summed E-state index contributed by atoms with van der Waals surface area (Å²) in [5.41, 5.74) is 5.40. The van der Waals surface area contributed by atoms with Gasteiger partial charge in [-0.05, 0) is 31.1 Å². The van der Waals surface area contributed by atoms with Gasteiger partial charge in [-0.1, -0.05) is 20.8 Å². The molecule has 0 bridgehead atoms. The number of nitrogens with two attached hydrogens (primary N) is 1. The topological polar surface area (TPSA) is 80.0 Å². The Hall–Kier alpha value is -0.570. The van der Waals surface area contributed by atoms with E-state index in [9.17, 15) is 4.79 Å². The molecule has 1 rings (SSSR count). The first-order valence-electron chi connectivity index (χ1n) is 8.62. The highest BCUT2D eigenvalue weighted by Crippen LogP contribution is 2.23. The molecule has 0 saturated carbocycles. The lowest BCUT2D eigenvalue weighted by Gasteiger charge is -2.35. The van der Waals surface area contributed by atoms with Gasteiger partial charge in [0.2, 0.25) is 5.91 Å².